The molecule has 1 amide bonds. The number of ketones is 1. The van der Waals surface area contributed by atoms with Crippen LogP contribution in [-0.2, 0) is 57.1 Å². The molecule has 2 fully saturated rings. The Bertz CT molecular complexity index is 1280. The summed E-state index contributed by atoms with van der Waals surface area (Å²) in [5, 5.41) is 0. The second-order valence-electron chi connectivity index (χ2n) is 10.2. The fourth-order valence-electron chi connectivity index (χ4n) is 4.53. The zero-order valence-corrected chi connectivity index (χ0v) is 27.1. The molecule has 2 aliphatic rings. The summed E-state index contributed by atoms with van der Waals surface area (Å²) >= 11 is 0. The van der Waals surface area contributed by atoms with E-state index < -0.39 is 60.4 Å². The smallest absolute Gasteiger partial charge is 0.347 e. The second-order valence-corrected chi connectivity index (χ2v) is 15.8. The van der Waals surface area contributed by atoms with Gasteiger partial charge in [-0.05, 0) is 25.0 Å². The first-order valence-corrected chi connectivity index (χ1v) is 19.0. The number of benzene rings is 1. The molecule has 0 aromatic heterocycles. The van der Waals surface area contributed by atoms with Gasteiger partial charge in [-0.2, -0.15) is 0 Å². The van der Waals surface area contributed by atoms with Crippen LogP contribution in [0.15, 0.2) is 42.6 Å². The summed E-state index contributed by atoms with van der Waals surface area (Å²) in [6, 6.07) is 9.41. The molecule has 0 radical (unpaired) electrons. The van der Waals surface area contributed by atoms with Gasteiger partial charge in [0.25, 0.3) is 7.52 Å². The van der Waals surface area contributed by atoms with Crippen LogP contribution in [0, 0.1) is 0 Å². The summed E-state index contributed by atoms with van der Waals surface area (Å²) in [5.41, 5.74) is 17.7. The number of unbranched alkanes of at least 4 members (excludes halogenated alkanes) is 2. The van der Waals surface area contributed by atoms with Crippen molar-refractivity contribution < 1.29 is 50.6 Å². The van der Waals surface area contributed by atoms with Gasteiger partial charge in [-0.15, -0.1) is 0 Å². The number of rotatable bonds is 17. The molecule has 2 aliphatic heterocycles. The van der Waals surface area contributed by atoms with Crippen molar-refractivity contribution in [3.8, 4) is 0 Å². The molecule has 0 saturated carbocycles. The number of allylic oxidation sites excluding steroid dienone is 1. The molecule has 3 rings (SSSR count). The zero-order chi connectivity index (χ0) is 31.8. The van der Waals surface area contributed by atoms with Crippen LogP contribution in [-0.4, -0.2) is 60.2 Å². The quantitative estimate of drug-likeness (QED) is 0.122. The molecule has 43 heavy (non-hydrogen) atoms. The lowest BCUT2D eigenvalue weighted by Crippen LogP contribution is -2.44. The minimum Gasteiger partial charge on any atom is -0.347 e. The van der Waals surface area contributed by atoms with E-state index in [0.29, 0.717) is 19.3 Å². The Balaban J connectivity index is 1.74. The maximum absolute atomic E-state index is 12.9. The van der Waals surface area contributed by atoms with Crippen molar-refractivity contribution in [2.24, 2.45) is 16.5 Å². The molecule has 2 heterocycles. The van der Waals surface area contributed by atoms with Crippen molar-refractivity contribution in [2.75, 3.05) is 12.8 Å². The average molecular weight is 667 g/mol. The van der Waals surface area contributed by atoms with Gasteiger partial charge in [0.05, 0.1) is 6.61 Å². The minimum atomic E-state index is -4.77. The van der Waals surface area contributed by atoms with Gasteiger partial charge in [0.2, 0.25) is 5.91 Å². The number of amides is 1. The zero-order valence-electron chi connectivity index (χ0n) is 24.4. The first kappa shape index (κ1) is 35.9. The number of fused-ring (bicyclic) bond motifs is 1. The number of nitrogens with zero attached hydrogens (tertiary/aromatic N) is 1. The second kappa shape index (κ2) is 15.6. The molecule has 0 bridgehead atoms. The maximum Gasteiger partial charge on any atom is 0.417 e. The maximum atomic E-state index is 12.9. The molecule has 0 aliphatic carbocycles. The van der Waals surface area contributed by atoms with Crippen molar-refractivity contribution in [2.45, 2.75) is 83.7 Å². The van der Waals surface area contributed by atoms with Gasteiger partial charge >= 0.3 is 15.5 Å². The summed E-state index contributed by atoms with van der Waals surface area (Å²) < 4.78 is 71.1. The topological polar surface area (TPSA) is 222 Å². The van der Waals surface area contributed by atoms with E-state index >= 15 is 0 Å². The lowest BCUT2D eigenvalue weighted by atomic mass is 10.1. The van der Waals surface area contributed by atoms with Gasteiger partial charge in [0.1, 0.15) is 18.3 Å². The Hall–Kier alpha value is -1.57. The molecule has 242 valence electrons. The highest BCUT2D eigenvalue weighted by Gasteiger charge is 2.55. The van der Waals surface area contributed by atoms with E-state index in [2.05, 4.69) is 0 Å². The summed E-state index contributed by atoms with van der Waals surface area (Å²) in [6.07, 6.45) is 0.362. The van der Waals surface area contributed by atoms with Gasteiger partial charge in [-0.3, -0.25) is 29.1 Å². The highest BCUT2D eigenvalue weighted by Crippen LogP contribution is 2.63. The van der Waals surface area contributed by atoms with E-state index in [4.69, 9.17) is 43.9 Å². The minimum absolute atomic E-state index is 0.0933. The normalized spacial score (nSPS) is 27.7. The Labute approximate surface area is 251 Å². The first-order valence-electron chi connectivity index (χ1n) is 13.9. The van der Waals surface area contributed by atoms with Gasteiger partial charge in [0, 0.05) is 25.2 Å². The summed E-state index contributed by atoms with van der Waals surface area (Å²) in [4.78, 5) is 25.7. The predicted octanol–water partition coefficient (Wildman–Crippen LogP) is 3.93. The van der Waals surface area contributed by atoms with E-state index in [0.717, 1.165) is 12.0 Å². The van der Waals surface area contributed by atoms with Gasteiger partial charge in [0.15, 0.2) is 18.3 Å². The number of carbonyl (C=O) groups is 2. The Morgan fingerprint density at radius 3 is 2.26 bits per heavy atom. The average Bonchev–Trinajstić information content (AvgIpc) is 3.45. The molecule has 2 saturated heterocycles. The Morgan fingerprint density at radius 2 is 1.63 bits per heavy atom. The molecule has 6 N–H and O–H groups in total. The van der Waals surface area contributed by atoms with Gasteiger partial charge in [-0.1, -0.05) is 57.0 Å². The molecular formula is C25H41N4O11P3. The number of ether oxygens (including phenoxy) is 3. The Kier molecular flexibility index (Phi) is 13.0. The van der Waals surface area contributed by atoms with E-state index in [-0.39, 0.29) is 24.3 Å². The lowest BCUT2D eigenvalue weighted by Gasteiger charge is -2.29. The standard InChI is InChI=1S/C25H41N4O11P3/c1-4-6-10-15-41(26,32)39-43(28,34)40-42(27,33)35-17-20-23-24(38-22(37-23)16-19-11-8-7-9-12-19)25(36-20)29(21(31)5-2)14-13-18(3)30/h7-9,11-14,20,22-25H,4-6,10,15-17H2,1-3H3,(H2,26,32)(H2,27,33)(H2,28,34)/b14-13-/t20-,22?,23+,24+,25-,41?,42?,43?/m1/s1. The van der Waals surface area contributed by atoms with E-state index in [9.17, 15) is 23.3 Å². The molecule has 1 aromatic rings. The van der Waals surface area contributed by atoms with Crippen LogP contribution in [0.1, 0.15) is 52.0 Å². The number of hydrogen-bond donors (Lipinski definition) is 3. The Morgan fingerprint density at radius 1 is 0.953 bits per heavy atom. The van der Waals surface area contributed by atoms with Crippen LogP contribution in [0.5, 0.6) is 0 Å². The van der Waals surface area contributed by atoms with Gasteiger partial charge < -0.3 is 14.2 Å². The highest BCUT2D eigenvalue weighted by molar-refractivity contribution is 7.71. The third-order valence-corrected chi connectivity index (χ3v) is 11.7. The summed E-state index contributed by atoms with van der Waals surface area (Å²) in [7, 11) is -13.4. The number of hydrogen-bond acceptors (Lipinski definition) is 11. The molecule has 18 heteroatoms. The number of carbonyl (C=O) groups excluding carboxylic acids is 2. The van der Waals surface area contributed by atoms with Crippen molar-refractivity contribution in [3.05, 3.63) is 48.2 Å². The summed E-state index contributed by atoms with van der Waals surface area (Å²) in [6.45, 7) is 4.37. The first-order chi connectivity index (χ1) is 20.1. The van der Waals surface area contributed by atoms with Crippen LogP contribution >= 0.6 is 23.0 Å². The van der Waals surface area contributed by atoms with Crippen LogP contribution < -0.4 is 16.5 Å². The monoisotopic (exact) mass is 666 g/mol. The number of nitrogens with two attached hydrogens (primary N) is 3. The van der Waals surface area contributed by atoms with E-state index in [1.54, 1.807) is 6.92 Å². The molecule has 0 spiro atoms. The lowest BCUT2D eigenvalue weighted by molar-refractivity contribution is -0.169. The summed E-state index contributed by atoms with van der Waals surface area (Å²) in [5.74, 6) is -0.659. The van der Waals surface area contributed by atoms with Crippen LogP contribution in [0.25, 0.3) is 0 Å². The molecule has 1 aromatic carbocycles. The largest absolute Gasteiger partial charge is 0.417 e. The van der Waals surface area contributed by atoms with E-state index in [1.165, 1.54) is 24.1 Å². The van der Waals surface area contributed by atoms with Crippen molar-refractivity contribution in [3.63, 3.8) is 0 Å². The third kappa shape index (κ3) is 11.1. The van der Waals surface area contributed by atoms with Crippen molar-refractivity contribution in [1.82, 2.24) is 4.90 Å². The fraction of sp³-hybridized carbons (Fsp3) is 0.600. The van der Waals surface area contributed by atoms with E-state index in [1.807, 2.05) is 37.3 Å². The fourth-order valence-corrected chi connectivity index (χ4v) is 9.26. The molecular weight excluding hydrogens is 625 g/mol. The van der Waals surface area contributed by atoms with Crippen LogP contribution in [0.3, 0.4) is 0 Å². The van der Waals surface area contributed by atoms with Gasteiger partial charge in [-0.25, -0.2) is 28.8 Å². The van der Waals surface area contributed by atoms with Crippen LogP contribution in [0.4, 0.5) is 0 Å². The molecule has 8 atom stereocenters. The molecule has 15 nitrogen and oxygen atoms in total. The van der Waals surface area contributed by atoms with Crippen molar-refractivity contribution in [1.29, 1.82) is 0 Å². The molecule has 4 unspecified atom stereocenters. The van der Waals surface area contributed by atoms with Crippen LogP contribution in [0.2, 0.25) is 0 Å². The third-order valence-electron chi connectivity index (χ3n) is 6.45. The van der Waals surface area contributed by atoms with Crippen molar-refractivity contribution >= 4 is 34.7 Å². The predicted molar refractivity (Wildman–Crippen MR) is 157 cm³/mol. The highest BCUT2D eigenvalue weighted by atomic mass is 31.3. The SMILES string of the molecule is CCCCCP(N)(=O)OP(N)(=O)OP(N)(=O)OC[C@H]1O[C@@H](N(/C=C\C(C)=O)C(=O)CC)[C@H]2OC(Cc3ccccc3)O[C@H]21.